The van der Waals surface area contributed by atoms with Crippen LogP contribution >= 0.6 is 0 Å². The Morgan fingerprint density at radius 3 is 2.94 bits per heavy atom. The molecule has 4 nitrogen and oxygen atoms in total. The molecule has 0 saturated carbocycles. The third kappa shape index (κ3) is 1.79. The first-order valence-electron chi connectivity index (χ1n) is 5.27. The van der Waals surface area contributed by atoms with E-state index in [4.69, 9.17) is 9.52 Å². The Balaban J connectivity index is 2.14. The summed E-state index contributed by atoms with van der Waals surface area (Å²) >= 11 is 0. The fraction of sp³-hybridized carbons (Fsp3) is 0.0769. The second kappa shape index (κ2) is 3.99. The lowest BCUT2D eigenvalue weighted by Crippen LogP contribution is -1.81. The first-order valence-corrected chi connectivity index (χ1v) is 5.27. The van der Waals surface area contributed by atoms with Gasteiger partial charge in [-0.25, -0.2) is 4.98 Å². The molecule has 3 rings (SSSR count). The fourth-order valence-electron chi connectivity index (χ4n) is 1.68. The van der Waals surface area contributed by atoms with Crippen LogP contribution in [0, 0.1) is 0 Å². The molecule has 0 amide bonds. The third-order valence-electron chi connectivity index (χ3n) is 2.54. The molecule has 1 aromatic carbocycles. The van der Waals surface area contributed by atoms with Crippen LogP contribution in [-0.4, -0.2) is 15.1 Å². The van der Waals surface area contributed by atoms with Gasteiger partial charge in [-0.1, -0.05) is 6.07 Å². The minimum Gasteiger partial charge on any atom is -0.436 e. The van der Waals surface area contributed by atoms with Gasteiger partial charge in [0, 0.05) is 12.4 Å². The largest absolute Gasteiger partial charge is 0.436 e. The van der Waals surface area contributed by atoms with E-state index in [0.717, 1.165) is 16.6 Å². The number of aliphatic hydroxyl groups is 1. The molecule has 0 unspecified atom stereocenters. The van der Waals surface area contributed by atoms with E-state index in [1.165, 1.54) is 0 Å². The van der Waals surface area contributed by atoms with E-state index in [1.54, 1.807) is 12.4 Å². The monoisotopic (exact) mass is 226 g/mol. The van der Waals surface area contributed by atoms with Crippen molar-refractivity contribution in [2.45, 2.75) is 6.61 Å². The van der Waals surface area contributed by atoms with Crippen molar-refractivity contribution in [3.8, 4) is 11.5 Å². The molecule has 0 atom stereocenters. The summed E-state index contributed by atoms with van der Waals surface area (Å²) in [5.41, 5.74) is 3.12. The predicted molar refractivity (Wildman–Crippen MR) is 63.2 cm³/mol. The highest BCUT2D eigenvalue weighted by atomic mass is 16.3. The topological polar surface area (TPSA) is 59.2 Å². The van der Waals surface area contributed by atoms with Crippen molar-refractivity contribution in [1.82, 2.24) is 9.97 Å². The van der Waals surface area contributed by atoms with Crippen molar-refractivity contribution in [3.63, 3.8) is 0 Å². The van der Waals surface area contributed by atoms with Crippen molar-refractivity contribution in [2.24, 2.45) is 0 Å². The lowest BCUT2D eigenvalue weighted by Gasteiger charge is -1.92. The maximum absolute atomic E-state index is 9.05. The van der Waals surface area contributed by atoms with E-state index in [2.05, 4.69) is 9.97 Å². The minimum atomic E-state index is 0.00499. The van der Waals surface area contributed by atoms with Crippen LogP contribution < -0.4 is 0 Å². The molecular formula is C13H10N2O2. The average molecular weight is 226 g/mol. The molecule has 4 heteroatoms. The second-order valence-corrected chi connectivity index (χ2v) is 3.72. The number of oxazole rings is 1. The molecule has 1 N–H and O–H groups in total. The molecular weight excluding hydrogens is 216 g/mol. The van der Waals surface area contributed by atoms with Gasteiger partial charge in [0.1, 0.15) is 5.52 Å². The quantitative estimate of drug-likeness (QED) is 0.728. The zero-order valence-electron chi connectivity index (χ0n) is 9.00. The van der Waals surface area contributed by atoms with Gasteiger partial charge in [-0.2, -0.15) is 0 Å². The average Bonchev–Trinajstić information content (AvgIpc) is 2.82. The Morgan fingerprint density at radius 1 is 1.24 bits per heavy atom. The highest BCUT2D eigenvalue weighted by Crippen LogP contribution is 2.24. The van der Waals surface area contributed by atoms with Crippen molar-refractivity contribution in [1.29, 1.82) is 0 Å². The summed E-state index contributed by atoms with van der Waals surface area (Å²) in [6.45, 7) is 0.00499. The molecule has 84 valence electrons. The van der Waals surface area contributed by atoms with E-state index in [9.17, 15) is 0 Å². The smallest absolute Gasteiger partial charge is 0.228 e. The molecule has 0 bridgehead atoms. The SMILES string of the molecule is OCc1ccc2oc(-c3cccnc3)nc2c1. The van der Waals surface area contributed by atoms with Crippen LogP contribution in [0.4, 0.5) is 0 Å². The molecule has 0 aliphatic rings. The summed E-state index contributed by atoms with van der Waals surface area (Å²) in [5.74, 6) is 0.545. The molecule has 0 aliphatic heterocycles. The molecule has 0 spiro atoms. The van der Waals surface area contributed by atoms with E-state index in [0.29, 0.717) is 11.5 Å². The van der Waals surface area contributed by atoms with Crippen molar-refractivity contribution < 1.29 is 9.52 Å². The zero-order valence-corrected chi connectivity index (χ0v) is 9.00. The highest BCUT2D eigenvalue weighted by molar-refractivity contribution is 5.76. The predicted octanol–water partition coefficient (Wildman–Crippen LogP) is 2.38. The summed E-state index contributed by atoms with van der Waals surface area (Å²) in [4.78, 5) is 8.40. The number of hydrogen-bond acceptors (Lipinski definition) is 4. The third-order valence-corrected chi connectivity index (χ3v) is 2.54. The number of benzene rings is 1. The van der Waals surface area contributed by atoms with Crippen LogP contribution in [0.25, 0.3) is 22.6 Å². The van der Waals surface area contributed by atoms with Gasteiger partial charge in [-0.3, -0.25) is 4.98 Å². The molecule has 17 heavy (non-hydrogen) atoms. The number of nitrogens with zero attached hydrogens (tertiary/aromatic N) is 2. The standard InChI is InChI=1S/C13H10N2O2/c16-8-9-3-4-12-11(6-9)15-13(17-12)10-2-1-5-14-7-10/h1-7,16H,8H2. The van der Waals surface area contributed by atoms with Gasteiger partial charge in [0.05, 0.1) is 12.2 Å². The van der Waals surface area contributed by atoms with Crippen LogP contribution in [0.5, 0.6) is 0 Å². The molecule has 0 radical (unpaired) electrons. The number of rotatable bonds is 2. The van der Waals surface area contributed by atoms with Gasteiger partial charge < -0.3 is 9.52 Å². The molecule has 0 saturated heterocycles. The number of aliphatic hydroxyl groups excluding tert-OH is 1. The Kier molecular flexibility index (Phi) is 2.34. The Morgan fingerprint density at radius 2 is 2.18 bits per heavy atom. The number of fused-ring (bicyclic) bond motifs is 1. The van der Waals surface area contributed by atoms with Gasteiger partial charge in [-0.15, -0.1) is 0 Å². The number of pyridine rings is 1. The first kappa shape index (κ1) is 9.99. The van der Waals surface area contributed by atoms with Gasteiger partial charge in [0.15, 0.2) is 5.58 Å². The van der Waals surface area contributed by atoms with Crippen LogP contribution in [0.2, 0.25) is 0 Å². The van der Waals surface area contributed by atoms with Crippen molar-refractivity contribution in [3.05, 3.63) is 48.3 Å². The van der Waals surface area contributed by atoms with Crippen LogP contribution in [0.1, 0.15) is 5.56 Å². The summed E-state index contributed by atoms with van der Waals surface area (Å²) < 4.78 is 5.62. The van der Waals surface area contributed by atoms with E-state index < -0.39 is 0 Å². The lowest BCUT2D eigenvalue weighted by molar-refractivity contribution is 0.282. The maximum Gasteiger partial charge on any atom is 0.228 e. The summed E-state index contributed by atoms with van der Waals surface area (Å²) in [6, 6.07) is 9.18. The Labute approximate surface area is 97.6 Å². The normalized spacial score (nSPS) is 10.9. The zero-order chi connectivity index (χ0) is 11.7. The van der Waals surface area contributed by atoms with Crippen molar-refractivity contribution in [2.75, 3.05) is 0 Å². The van der Waals surface area contributed by atoms with Crippen LogP contribution in [0.3, 0.4) is 0 Å². The number of hydrogen-bond donors (Lipinski definition) is 1. The molecule has 0 aliphatic carbocycles. The van der Waals surface area contributed by atoms with Crippen LogP contribution in [0.15, 0.2) is 47.1 Å². The Hall–Kier alpha value is -2.20. The number of aromatic nitrogens is 2. The Bertz CT molecular complexity index is 647. The maximum atomic E-state index is 9.05. The summed E-state index contributed by atoms with van der Waals surface area (Å²) in [6.07, 6.45) is 3.41. The van der Waals surface area contributed by atoms with E-state index in [-0.39, 0.29) is 6.61 Å². The fourth-order valence-corrected chi connectivity index (χ4v) is 1.68. The van der Waals surface area contributed by atoms with Gasteiger partial charge >= 0.3 is 0 Å². The minimum absolute atomic E-state index is 0.00499. The molecule has 2 aromatic heterocycles. The van der Waals surface area contributed by atoms with Crippen LogP contribution in [-0.2, 0) is 6.61 Å². The van der Waals surface area contributed by atoms with Gasteiger partial charge in [0.25, 0.3) is 0 Å². The second-order valence-electron chi connectivity index (χ2n) is 3.72. The lowest BCUT2D eigenvalue weighted by atomic mass is 10.2. The molecule has 0 fully saturated rings. The van der Waals surface area contributed by atoms with E-state index in [1.807, 2.05) is 30.3 Å². The summed E-state index contributed by atoms with van der Waals surface area (Å²) in [7, 11) is 0. The van der Waals surface area contributed by atoms with Gasteiger partial charge in [-0.05, 0) is 29.8 Å². The summed E-state index contributed by atoms with van der Waals surface area (Å²) in [5, 5.41) is 9.05. The van der Waals surface area contributed by atoms with Gasteiger partial charge in [0.2, 0.25) is 5.89 Å². The van der Waals surface area contributed by atoms with Crippen molar-refractivity contribution >= 4 is 11.1 Å². The highest BCUT2D eigenvalue weighted by Gasteiger charge is 2.08. The molecule has 3 aromatic rings. The van der Waals surface area contributed by atoms with E-state index >= 15 is 0 Å². The molecule has 2 heterocycles. The first-order chi connectivity index (χ1) is 8.36.